The monoisotopic (exact) mass is 210 g/mol. The van der Waals surface area contributed by atoms with E-state index in [0.29, 0.717) is 12.1 Å². The summed E-state index contributed by atoms with van der Waals surface area (Å²) >= 11 is 0. The van der Waals surface area contributed by atoms with E-state index in [1.807, 2.05) is 0 Å². The van der Waals surface area contributed by atoms with E-state index in [1.165, 1.54) is 32.2 Å². The SMILES string of the molecule is CC1CCC(N2CCC(N)CC2C)C1C. The van der Waals surface area contributed by atoms with Gasteiger partial charge in [-0.05, 0) is 44.4 Å². The molecule has 0 aromatic rings. The van der Waals surface area contributed by atoms with Crippen molar-refractivity contribution < 1.29 is 0 Å². The van der Waals surface area contributed by atoms with Gasteiger partial charge in [0, 0.05) is 24.7 Å². The molecule has 15 heavy (non-hydrogen) atoms. The minimum Gasteiger partial charge on any atom is -0.328 e. The van der Waals surface area contributed by atoms with Gasteiger partial charge < -0.3 is 5.73 Å². The van der Waals surface area contributed by atoms with E-state index in [0.717, 1.165) is 17.9 Å². The molecule has 5 atom stereocenters. The van der Waals surface area contributed by atoms with Crippen LogP contribution in [0.4, 0.5) is 0 Å². The van der Waals surface area contributed by atoms with Crippen LogP contribution in [0.3, 0.4) is 0 Å². The molecule has 0 amide bonds. The first kappa shape index (κ1) is 11.4. The fourth-order valence-corrected chi connectivity index (χ4v) is 3.53. The van der Waals surface area contributed by atoms with Crippen molar-refractivity contribution in [2.24, 2.45) is 17.6 Å². The second-order valence-electron chi connectivity index (χ2n) is 5.85. The normalized spacial score (nSPS) is 48.4. The Morgan fingerprint density at radius 2 is 1.80 bits per heavy atom. The van der Waals surface area contributed by atoms with Crippen molar-refractivity contribution in [3.05, 3.63) is 0 Å². The van der Waals surface area contributed by atoms with Crippen LogP contribution in [0.5, 0.6) is 0 Å². The third-order valence-corrected chi connectivity index (χ3v) is 4.82. The molecule has 0 aromatic carbocycles. The maximum Gasteiger partial charge on any atom is 0.0126 e. The Kier molecular flexibility index (Phi) is 3.36. The van der Waals surface area contributed by atoms with Crippen LogP contribution in [0.15, 0.2) is 0 Å². The molecule has 88 valence electrons. The Balaban J connectivity index is 1.98. The maximum atomic E-state index is 6.02. The fraction of sp³-hybridized carbons (Fsp3) is 1.00. The summed E-state index contributed by atoms with van der Waals surface area (Å²) < 4.78 is 0. The van der Waals surface area contributed by atoms with Gasteiger partial charge in [-0.2, -0.15) is 0 Å². The average Bonchev–Trinajstić information content (AvgIpc) is 2.49. The zero-order valence-corrected chi connectivity index (χ0v) is 10.4. The van der Waals surface area contributed by atoms with Gasteiger partial charge in [0.1, 0.15) is 0 Å². The zero-order chi connectivity index (χ0) is 11.0. The molecule has 1 saturated carbocycles. The Morgan fingerprint density at radius 1 is 1.07 bits per heavy atom. The molecule has 0 aromatic heterocycles. The van der Waals surface area contributed by atoms with Crippen LogP contribution in [-0.4, -0.2) is 29.6 Å². The van der Waals surface area contributed by atoms with Crippen LogP contribution in [-0.2, 0) is 0 Å². The number of likely N-dealkylation sites (tertiary alicyclic amines) is 1. The summed E-state index contributed by atoms with van der Waals surface area (Å²) in [6, 6.07) is 1.99. The van der Waals surface area contributed by atoms with Gasteiger partial charge in [0.15, 0.2) is 0 Å². The van der Waals surface area contributed by atoms with Gasteiger partial charge in [-0.25, -0.2) is 0 Å². The summed E-state index contributed by atoms with van der Waals surface area (Å²) in [4.78, 5) is 2.73. The molecular formula is C13H26N2. The van der Waals surface area contributed by atoms with Gasteiger partial charge in [0.25, 0.3) is 0 Å². The Labute approximate surface area is 94.2 Å². The highest BCUT2D eigenvalue weighted by Gasteiger charge is 2.37. The van der Waals surface area contributed by atoms with Gasteiger partial charge in [-0.1, -0.05) is 13.8 Å². The molecule has 0 radical (unpaired) electrons. The quantitative estimate of drug-likeness (QED) is 0.719. The van der Waals surface area contributed by atoms with E-state index < -0.39 is 0 Å². The predicted molar refractivity (Wildman–Crippen MR) is 64.7 cm³/mol. The first-order chi connectivity index (χ1) is 7.09. The van der Waals surface area contributed by atoms with Crippen molar-refractivity contribution in [3.63, 3.8) is 0 Å². The Morgan fingerprint density at radius 3 is 2.33 bits per heavy atom. The number of nitrogens with two attached hydrogens (primary N) is 1. The molecule has 2 aliphatic rings. The van der Waals surface area contributed by atoms with Crippen LogP contribution >= 0.6 is 0 Å². The third kappa shape index (κ3) is 2.21. The first-order valence-electron chi connectivity index (χ1n) is 6.61. The highest BCUT2D eigenvalue weighted by molar-refractivity contribution is 4.92. The molecule has 2 rings (SSSR count). The molecule has 2 N–H and O–H groups in total. The second-order valence-corrected chi connectivity index (χ2v) is 5.85. The van der Waals surface area contributed by atoms with Crippen LogP contribution in [0, 0.1) is 11.8 Å². The molecule has 2 heteroatoms. The molecular weight excluding hydrogens is 184 g/mol. The van der Waals surface area contributed by atoms with Crippen molar-refractivity contribution in [1.29, 1.82) is 0 Å². The maximum absolute atomic E-state index is 6.02. The van der Waals surface area contributed by atoms with E-state index in [1.54, 1.807) is 0 Å². The summed E-state index contributed by atoms with van der Waals surface area (Å²) in [5.41, 5.74) is 6.02. The van der Waals surface area contributed by atoms with Crippen molar-refractivity contribution in [2.75, 3.05) is 6.54 Å². The largest absolute Gasteiger partial charge is 0.328 e. The zero-order valence-electron chi connectivity index (χ0n) is 10.4. The van der Waals surface area contributed by atoms with E-state index >= 15 is 0 Å². The lowest BCUT2D eigenvalue weighted by atomic mass is 9.92. The molecule has 5 unspecified atom stereocenters. The van der Waals surface area contributed by atoms with Crippen LogP contribution in [0.1, 0.15) is 46.5 Å². The van der Waals surface area contributed by atoms with Crippen molar-refractivity contribution in [1.82, 2.24) is 4.90 Å². The van der Waals surface area contributed by atoms with E-state index in [2.05, 4.69) is 25.7 Å². The molecule has 2 nitrogen and oxygen atoms in total. The second kappa shape index (κ2) is 4.42. The lowest BCUT2D eigenvalue weighted by Crippen LogP contribution is -2.51. The van der Waals surface area contributed by atoms with Crippen molar-refractivity contribution >= 4 is 0 Å². The highest BCUT2D eigenvalue weighted by atomic mass is 15.2. The molecule has 2 fully saturated rings. The fourth-order valence-electron chi connectivity index (χ4n) is 3.53. The summed E-state index contributed by atoms with van der Waals surface area (Å²) in [6.07, 6.45) is 5.21. The Hall–Kier alpha value is -0.0800. The molecule has 0 spiro atoms. The minimum absolute atomic E-state index is 0.449. The number of nitrogens with zero attached hydrogens (tertiary/aromatic N) is 1. The topological polar surface area (TPSA) is 29.3 Å². The molecule has 1 heterocycles. The first-order valence-corrected chi connectivity index (χ1v) is 6.61. The number of hydrogen-bond donors (Lipinski definition) is 1. The van der Waals surface area contributed by atoms with Crippen LogP contribution in [0.25, 0.3) is 0 Å². The van der Waals surface area contributed by atoms with Crippen LogP contribution < -0.4 is 5.73 Å². The van der Waals surface area contributed by atoms with Gasteiger partial charge >= 0.3 is 0 Å². The summed E-state index contributed by atoms with van der Waals surface area (Å²) in [7, 11) is 0. The number of piperidine rings is 1. The summed E-state index contributed by atoms with van der Waals surface area (Å²) in [5, 5.41) is 0. The smallest absolute Gasteiger partial charge is 0.0126 e. The Bertz CT molecular complexity index is 217. The van der Waals surface area contributed by atoms with Crippen molar-refractivity contribution in [2.45, 2.75) is 64.6 Å². The van der Waals surface area contributed by atoms with Crippen LogP contribution in [0.2, 0.25) is 0 Å². The minimum atomic E-state index is 0.449. The number of rotatable bonds is 1. The molecule has 1 aliphatic heterocycles. The highest BCUT2D eigenvalue weighted by Crippen LogP contribution is 2.37. The van der Waals surface area contributed by atoms with Gasteiger partial charge in [-0.3, -0.25) is 4.90 Å². The van der Waals surface area contributed by atoms with E-state index in [9.17, 15) is 0 Å². The van der Waals surface area contributed by atoms with E-state index in [-0.39, 0.29) is 0 Å². The third-order valence-electron chi connectivity index (χ3n) is 4.82. The van der Waals surface area contributed by atoms with Crippen molar-refractivity contribution in [3.8, 4) is 0 Å². The standard InChI is InChI=1S/C13H26N2/c1-9-4-5-13(11(9)3)15-7-6-12(14)8-10(15)2/h9-13H,4-8,14H2,1-3H3. The van der Waals surface area contributed by atoms with Gasteiger partial charge in [0.05, 0.1) is 0 Å². The lowest BCUT2D eigenvalue weighted by molar-refractivity contribution is 0.0737. The van der Waals surface area contributed by atoms with Gasteiger partial charge in [-0.15, -0.1) is 0 Å². The molecule has 1 saturated heterocycles. The number of hydrogen-bond acceptors (Lipinski definition) is 2. The summed E-state index contributed by atoms with van der Waals surface area (Å²) in [5.74, 6) is 1.79. The lowest BCUT2D eigenvalue weighted by Gasteiger charge is -2.42. The van der Waals surface area contributed by atoms with Gasteiger partial charge in [0.2, 0.25) is 0 Å². The molecule has 0 bridgehead atoms. The molecule has 1 aliphatic carbocycles. The average molecular weight is 210 g/mol. The van der Waals surface area contributed by atoms with E-state index in [4.69, 9.17) is 5.73 Å². The summed E-state index contributed by atoms with van der Waals surface area (Å²) in [6.45, 7) is 8.42. The predicted octanol–water partition coefficient (Wildman–Crippen LogP) is 2.23.